The molecule has 0 saturated heterocycles. The first-order valence-electron chi connectivity index (χ1n) is 5.85. The standard InChI is InChI=1S/C13H19FN2O2/c1-8(2)16(7-13(15)18)9(3)11-5-4-10(17)6-12(11)14/h4-6,8-9,17H,7H2,1-3H3,(H2,15,18). The van der Waals surface area contributed by atoms with Gasteiger partial charge in [-0.1, -0.05) is 6.07 Å². The van der Waals surface area contributed by atoms with E-state index >= 15 is 0 Å². The summed E-state index contributed by atoms with van der Waals surface area (Å²) in [6.45, 7) is 5.70. The fraction of sp³-hybridized carbons (Fsp3) is 0.462. The molecule has 0 radical (unpaired) electrons. The van der Waals surface area contributed by atoms with E-state index in [0.29, 0.717) is 5.56 Å². The van der Waals surface area contributed by atoms with Crippen molar-refractivity contribution in [3.8, 4) is 5.75 Å². The van der Waals surface area contributed by atoms with E-state index in [1.807, 2.05) is 13.8 Å². The number of nitrogens with two attached hydrogens (primary N) is 1. The molecule has 5 heteroatoms. The lowest BCUT2D eigenvalue weighted by Gasteiger charge is -2.32. The minimum atomic E-state index is -0.488. The van der Waals surface area contributed by atoms with Crippen LogP contribution < -0.4 is 5.73 Å². The zero-order chi connectivity index (χ0) is 13.9. The Labute approximate surface area is 106 Å². The van der Waals surface area contributed by atoms with Crippen molar-refractivity contribution in [3.63, 3.8) is 0 Å². The zero-order valence-electron chi connectivity index (χ0n) is 10.9. The molecular weight excluding hydrogens is 235 g/mol. The minimum absolute atomic E-state index is 0.0562. The van der Waals surface area contributed by atoms with Crippen molar-refractivity contribution < 1.29 is 14.3 Å². The third-order valence-corrected chi connectivity index (χ3v) is 2.93. The van der Waals surface area contributed by atoms with Crippen molar-refractivity contribution in [2.45, 2.75) is 32.9 Å². The molecule has 0 aliphatic carbocycles. The first kappa shape index (κ1) is 14.4. The van der Waals surface area contributed by atoms with E-state index in [4.69, 9.17) is 5.73 Å². The summed E-state index contributed by atoms with van der Waals surface area (Å²) in [5, 5.41) is 9.18. The highest BCUT2D eigenvalue weighted by Crippen LogP contribution is 2.26. The van der Waals surface area contributed by atoms with E-state index in [1.165, 1.54) is 12.1 Å². The van der Waals surface area contributed by atoms with Crippen molar-refractivity contribution in [2.75, 3.05) is 6.54 Å². The molecule has 1 aromatic carbocycles. The monoisotopic (exact) mass is 254 g/mol. The molecule has 100 valence electrons. The van der Waals surface area contributed by atoms with Crippen LogP contribution in [0.2, 0.25) is 0 Å². The van der Waals surface area contributed by atoms with Gasteiger partial charge in [-0.3, -0.25) is 9.69 Å². The van der Waals surface area contributed by atoms with Gasteiger partial charge in [0.15, 0.2) is 0 Å². The SMILES string of the molecule is CC(C)N(CC(N)=O)C(C)c1ccc(O)cc1F. The maximum Gasteiger partial charge on any atom is 0.231 e. The van der Waals surface area contributed by atoms with Crippen LogP contribution in [0.25, 0.3) is 0 Å². The molecule has 0 fully saturated rings. The summed E-state index contributed by atoms with van der Waals surface area (Å²) < 4.78 is 13.8. The maximum absolute atomic E-state index is 13.8. The molecule has 3 N–H and O–H groups in total. The molecule has 1 unspecified atom stereocenters. The average molecular weight is 254 g/mol. The lowest BCUT2D eigenvalue weighted by Crippen LogP contribution is -2.40. The molecule has 1 rings (SSSR count). The minimum Gasteiger partial charge on any atom is -0.508 e. The maximum atomic E-state index is 13.8. The molecular formula is C13H19FN2O2. The van der Waals surface area contributed by atoms with Crippen LogP contribution in [-0.2, 0) is 4.79 Å². The lowest BCUT2D eigenvalue weighted by atomic mass is 10.0. The Bertz CT molecular complexity index is 435. The Kier molecular flexibility index (Phi) is 4.67. The predicted molar refractivity (Wildman–Crippen MR) is 67.5 cm³/mol. The van der Waals surface area contributed by atoms with Crippen LogP contribution in [0.3, 0.4) is 0 Å². The smallest absolute Gasteiger partial charge is 0.231 e. The number of hydrogen-bond acceptors (Lipinski definition) is 3. The fourth-order valence-corrected chi connectivity index (χ4v) is 1.98. The van der Waals surface area contributed by atoms with Gasteiger partial charge in [-0.25, -0.2) is 4.39 Å². The first-order valence-corrected chi connectivity index (χ1v) is 5.85. The second kappa shape index (κ2) is 5.82. The Hall–Kier alpha value is -1.62. The summed E-state index contributed by atoms with van der Waals surface area (Å²) in [7, 11) is 0. The summed E-state index contributed by atoms with van der Waals surface area (Å²) >= 11 is 0. The van der Waals surface area contributed by atoms with Crippen LogP contribution in [0.15, 0.2) is 18.2 Å². The molecule has 4 nitrogen and oxygen atoms in total. The number of carbonyl (C=O) groups excluding carboxylic acids is 1. The second-order valence-electron chi connectivity index (χ2n) is 4.61. The molecule has 1 aromatic rings. The van der Waals surface area contributed by atoms with Crippen molar-refractivity contribution in [3.05, 3.63) is 29.6 Å². The highest BCUT2D eigenvalue weighted by Gasteiger charge is 2.22. The highest BCUT2D eigenvalue weighted by molar-refractivity contribution is 5.76. The highest BCUT2D eigenvalue weighted by atomic mass is 19.1. The summed E-state index contributed by atoms with van der Waals surface area (Å²) in [5.41, 5.74) is 5.63. The second-order valence-corrected chi connectivity index (χ2v) is 4.61. The number of hydrogen-bond donors (Lipinski definition) is 2. The van der Waals surface area contributed by atoms with Gasteiger partial charge in [0.1, 0.15) is 11.6 Å². The number of phenols is 1. The van der Waals surface area contributed by atoms with Crippen LogP contribution in [0.5, 0.6) is 5.75 Å². The van der Waals surface area contributed by atoms with E-state index in [-0.39, 0.29) is 24.4 Å². The number of halogens is 1. The molecule has 0 aromatic heterocycles. The number of aromatic hydroxyl groups is 1. The summed E-state index contributed by atoms with van der Waals surface area (Å²) in [5.74, 6) is -1.05. The number of carbonyl (C=O) groups is 1. The van der Waals surface area contributed by atoms with Gasteiger partial charge < -0.3 is 10.8 Å². The van der Waals surface area contributed by atoms with Crippen LogP contribution in [0.1, 0.15) is 32.4 Å². The van der Waals surface area contributed by atoms with E-state index in [2.05, 4.69) is 0 Å². The van der Waals surface area contributed by atoms with Crippen LogP contribution in [0, 0.1) is 5.82 Å². The molecule has 0 spiro atoms. The third-order valence-electron chi connectivity index (χ3n) is 2.93. The number of amides is 1. The Morgan fingerprint density at radius 3 is 2.50 bits per heavy atom. The van der Waals surface area contributed by atoms with Crippen molar-refractivity contribution in [1.29, 1.82) is 0 Å². The Balaban J connectivity index is 3.01. The van der Waals surface area contributed by atoms with Crippen molar-refractivity contribution in [2.24, 2.45) is 5.73 Å². The van der Waals surface area contributed by atoms with Crippen LogP contribution in [0.4, 0.5) is 4.39 Å². The van der Waals surface area contributed by atoms with E-state index in [9.17, 15) is 14.3 Å². The largest absolute Gasteiger partial charge is 0.508 e. The molecule has 1 atom stereocenters. The molecule has 18 heavy (non-hydrogen) atoms. The van der Waals surface area contributed by atoms with E-state index in [0.717, 1.165) is 6.07 Å². The Morgan fingerprint density at radius 2 is 2.06 bits per heavy atom. The lowest BCUT2D eigenvalue weighted by molar-refractivity contribution is -0.120. The zero-order valence-corrected chi connectivity index (χ0v) is 10.9. The summed E-state index contributed by atoms with van der Waals surface area (Å²) in [6, 6.07) is 3.77. The van der Waals surface area contributed by atoms with Gasteiger partial charge in [-0.2, -0.15) is 0 Å². The number of primary amides is 1. The normalized spacial score (nSPS) is 13.0. The number of phenolic OH excluding ortho intramolecular Hbond substituents is 1. The molecule has 1 amide bonds. The summed E-state index contributed by atoms with van der Waals surface area (Å²) in [4.78, 5) is 12.8. The van der Waals surface area contributed by atoms with Crippen LogP contribution in [-0.4, -0.2) is 28.5 Å². The van der Waals surface area contributed by atoms with Crippen molar-refractivity contribution >= 4 is 5.91 Å². The summed E-state index contributed by atoms with van der Waals surface area (Å²) in [6.07, 6.45) is 0. The van der Waals surface area contributed by atoms with Gasteiger partial charge in [-0.15, -0.1) is 0 Å². The fourth-order valence-electron chi connectivity index (χ4n) is 1.98. The van der Waals surface area contributed by atoms with Gasteiger partial charge in [0.25, 0.3) is 0 Å². The van der Waals surface area contributed by atoms with Gasteiger partial charge in [0, 0.05) is 23.7 Å². The quantitative estimate of drug-likeness (QED) is 0.841. The van der Waals surface area contributed by atoms with Gasteiger partial charge in [-0.05, 0) is 26.8 Å². The van der Waals surface area contributed by atoms with Crippen molar-refractivity contribution in [1.82, 2.24) is 4.90 Å². The topological polar surface area (TPSA) is 66.6 Å². The Morgan fingerprint density at radius 1 is 1.44 bits per heavy atom. The van der Waals surface area contributed by atoms with Gasteiger partial charge in [0.2, 0.25) is 5.91 Å². The van der Waals surface area contributed by atoms with Gasteiger partial charge in [0.05, 0.1) is 6.54 Å². The number of benzene rings is 1. The van der Waals surface area contributed by atoms with E-state index < -0.39 is 11.7 Å². The number of rotatable bonds is 5. The molecule has 0 bridgehead atoms. The number of nitrogens with zero attached hydrogens (tertiary/aromatic N) is 1. The molecule has 0 saturated carbocycles. The third kappa shape index (κ3) is 3.43. The van der Waals surface area contributed by atoms with Crippen LogP contribution >= 0.6 is 0 Å². The molecule has 0 aliphatic rings. The molecule has 0 heterocycles. The first-order chi connectivity index (χ1) is 8.32. The van der Waals surface area contributed by atoms with Gasteiger partial charge >= 0.3 is 0 Å². The average Bonchev–Trinajstić information content (AvgIpc) is 2.24. The van der Waals surface area contributed by atoms with E-state index in [1.54, 1.807) is 11.8 Å². The molecule has 0 aliphatic heterocycles. The predicted octanol–water partition coefficient (Wildman–Crippen LogP) is 1.79.